The van der Waals surface area contributed by atoms with Crippen molar-refractivity contribution < 1.29 is 4.79 Å². The van der Waals surface area contributed by atoms with E-state index in [-0.39, 0.29) is 11.9 Å². The first-order valence-corrected chi connectivity index (χ1v) is 8.87. The smallest absolute Gasteiger partial charge is 0.243 e. The number of benzene rings is 1. The van der Waals surface area contributed by atoms with Gasteiger partial charge in [-0.1, -0.05) is 35.6 Å². The lowest BCUT2D eigenvalue weighted by Crippen LogP contribution is -2.40. The molecule has 1 amide bonds. The number of likely N-dealkylation sites (tertiary alicyclic amines) is 1. The van der Waals surface area contributed by atoms with Crippen LogP contribution in [0.5, 0.6) is 0 Å². The molecule has 122 valence electrons. The Hall–Kier alpha value is -1.79. The predicted octanol–water partition coefficient (Wildman–Crippen LogP) is 2.86. The monoisotopic (exact) mass is 330 g/mol. The Morgan fingerprint density at radius 3 is 2.78 bits per heavy atom. The lowest BCUT2D eigenvalue weighted by Gasteiger charge is -2.21. The van der Waals surface area contributed by atoms with E-state index in [4.69, 9.17) is 0 Å². The third kappa shape index (κ3) is 3.95. The lowest BCUT2D eigenvalue weighted by molar-refractivity contribution is -0.120. The van der Waals surface area contributed by atoms with Crippen LogP contribution in [-0.2, 0) is 11.2 Å². The van der Waals surface area contributed by atoms with Crippen molar-refractivity contribution in [3.8, 4) is 0 Å². The minimum Gasteiger partial charge on any atom is -0.299 e. The van der Waals surface area contributed by atoms with Gasteiger partial charge in [-0.2, -0.15) is 0 Å². The van der Waals surface area contributed by atoms with E-state index in [9.17, 15) is 4.79 Å². The van der Waals surface area contributed by atoms with E-state index in [0.29, 0.717) is 5.13 Å². The van der Waals surface area contributed by atoms with Crippen molar-refractivity contribution in [1.82, 2.24) is 15.1 Å². The molecule has 1 unspecified atom stereocenters. The van der Waals surface area contributed by atoms with Crippen LogP contribution < -0.4 is 5.32 Å². The fraction of sp³-hybridized carbons (Fsp3) is 0.471. The Balaban J connectivity index is 1.60. The third-order valence-electron chi connectivity index (χ3n) is 4.37. The lowest BCUT2D eigenvalue weighted by atomic mass is 10.1. The number of hydrogen-bond donors (Lipinski definition) is 1. The molecule has 23 heavy (non-hydrogen) atoms. The molecule has 1 aromatic heterocycles. The second-order valence-electron chi connectivity index (χ2n) is 6.01. The molecule has 1 aliphatic heterocycles. The number of nitrogens with zero attached hydrogens (tertiary/aromatic N) is 3. The molecule has 1 aromatic carbocycles. The van der Waals surface area contributed by atoms with Crippen LogP contribution in [-0.4, -0.2) is 40.1 Å². The average molecular weight is 330 g/mol. The molecule has 0 spiro atoms. The number of amides is 1. The number of rotatable bonds is 5. The Morgan fingerprint density at radius 2 is 2.04 bits per heavy atom. The second kappa shape index (κ2) is 7.19. The van der Waals surface area contributed by atoms with E-state index in [2.05, 4.69) is 39.5 Å². The first-order valence-electron chi connectivity index (χ1n) is 8.05. The van der Waals surface area contributed by atoms with E-state index >= 15 is 0 Å². The highest BCUT2D eigenvalue weighted by Gasteiger charge is 2.24. The number of hydrogen-bond acceptors (Lipinski definition) is 5. The highest BCUT2D eigenvalue weighted by molar-refractivity contribution is 7.15. The van der Waals surface area contributed by atoms with Crippen LogP contribution in [0, 0.1) is 6.92 Å². The van der Waals surface area contributed by atoms with Crippen molar-refractivity contribution >= 4 is 22.4 Å². The maximum Gasteiger partial charge on any atom is 0.243 e. The van der Waals surface area contributed by atoms with E-state index in [0.717, 1.165) is 24.5 Å². The molecule has 0 aliphatic carbocycles. The molecule has 0 radical (unpaired) electrons. The van der Waals surface area contributed by atoms with Crippen LogP contribution in [0.25, 0.3) is 0 Å². The summed E-state index contributed by atoms with van der Waals surface area (Å²) in [6.07, 6.45) is 3.11. The molecule has 1 atom stereocenters. The van der Waals surface area contributed by atoms with E-state index in [1.807, 2.05) is 19.1 Å². The number of carbonyl (C=O) groups excluding carboxylic acids is 1. The molecule has 0 saturated carbocycles. The van der Waals surface area contributed by atoms with E-state index < -0.39 is 0 Å². The van der Waals surface area contributed by atoms with Gasteiger partial charge in [0.25, 0.3) is 0 Å². The maximum absolute atomic E-state index is 12.3. The highest BCUT2D eigenvalue weighted by Crippen LogP contribution is 2.21. The van der Waals surface area contributed by atoms with Gasteiger partial charge in [0.05, 0.1) is 6.04 Å². The quantitative estimate of drug-likeness (QED) is 0.916. The van der Waals surface area contributed by atoms with Crippen molar-refractivity contribution in [2.24, 2.45) is 0 Å². The molecular weight excluding hydrogens is 308 g/mol. The first kappa shape index (κ1) is 16.1. The molecule has 0 bridgehead atoms. The first-order chi connectivity index (χ1) is 11.1. The molecule has 5 nitrogen and oxygen atoms in total. The molecule has 2 aromatic rings. The summed E-state index contributed by atoms with van der Waals surface area (Å²) in [4.78, 5) is 14.5. The number of aryl methyl sites for hydroxylation is 1. The van der Waals surface area contributed by atoms with E-state index in [1.54, 1.807) is 0 Å². The average Bonchev–Trinajstić information content (AvgIpc) is 3.21. The standard InChI is InChI=1S/C17H22N4OS/c1-12-7-3-4-8-14(12)11-15-19-20-17(23-15)18-16(22)13(2)21-9-5-6-10-21/h3-4,7-8,13H,5-6,9-11H2,1-2H3,(H,18,20,22). The highest BCUT2D eigenvalue weighted by atomic mass is 32.1. The van der Waals surface area contributed by atoms with Gasteiger partial charge in [-0.3, -0.25) is 15.0 Å². The van der Waals surface area contributed by atoms with Gasteiger partial charge in [-0.05, 0) is 50.9 Å². The zero-order valence-corrected chi connectivity index (χ0v) is 14.4. The minimum atomic E-state index is -0.110. The summed E-state index contributed by atoms with van der Waals surface area (Å²) < 4.78 is 0. The normalized spacial score (nSPS) is 16.4. The van der Waals surface area contributed by atoms with Gasteiger partial charge < -0.3 is 0 Å². The minimum absolute atomic E-state index is 0.00508. The van der Waals surface area contributed by atoms with Gasteiger partial charge in [0.1, 0.15) is 5.01 Å². The summed E-state index contributed by atoms with van der Waals surface area (Å²) in [5.74, 6) is 0.00508. The fourth-order valence-corrected chi connectivity index (χ4v) is 3.62. The molecule has 1 saturated heterocycles. The summed E-state index contributed by atoms with van der Waals surface area (Å²) in [5, 5.41) is 12.7. The summed E-state index contributed by atoms with van der Waals surface area (Å²) in [7, 11) is 0. The van der Waals surface area contributed by atoms with Gasteiger partial charge in [0.15, 0.2) is 0 Å². The summed E-state index contributed by atoms with van der Waals surface area (Å²) >= 11 is 1.45. The molecule has 6 heteroatoms. The zero-order valence-electron chi connectivity index (χ0n) is 13.6. The number of aromatic nitrogens is 2. The molecular formula is C17H22N4OS. The fourth-order valence-electron chi connectivity index (χ4n) is 2.85. The van der Waals surface area contributed by atoms with Crippen LogP contribution >= 0.6 is 11.3 Å². The number of carbonyl (C=O) groups is 1. The molecule has 1 fully saturated rings. The maximum atomic E-state index is 12.3. The molecule has 1 aliphatic rings. The zero-order chi connectivity index (χ0) is 16.2. The van der Waals surface area contributed by atoms with Crippen LogP contribution in [0.15, 0.2) is 24.3 Å². The van der Waals surface area contributed by atoms with Crippen LogP contribution in [0.2, 0.25) is 0 Å². The predicted molar refractivity (Wildman–Crippen MR) is 92.8 cm³/mol. The van der Waals surface area contributed by atoms with Crippen LogP contribution in [0.1, 0.15) is 35.9 Å². The number of nitrogens with one attached hydrogen (secondary N) is 1. The van der Waals surface area contributed by atoms with Gasteiger partial charge in [0, 0.05) is 6.42 Å². The third-order valence-corrected chi connectivity index (χ3v) is 5.21. The Kier molecular flexibility index (Phi) is 5.03. The second-order valence-corrected chi connectivity index (χ2v) is 7.07. The van der Waals surface area contributed by atoms with Gasteiger partial charge in [-0.25, -0.2) is 0 Å². The number of anilines is 1. The summed E-state index contributed by atoms with van der Waals surface area (Å²) in [6, 6.07) is 8.15. The summed E-state index contributed by atoms with van der Waals surface area (Å²) in [5.41, 5.74) is 2.49. The van der Waals surface area contributed by atoms with E-state index in [1.165, 1.54) is 35.3 Å². The van der Waals surface area contributed by atoms with Crippen molar-refractivity contribution in [1.29, 1.82) is 0 Å². The van der Waals surface area contributed by atoms with Crippen molar-refractivity contribution in [3.63, 3.8) is 0 Å². The SMILES string of the molecule is Cc1ccccc1Cc1nnc(NC(=O)C(C)N2CCCC2)s1. The van der Waals surface area contributed by atoms with Gasteiger partial charge in [0.2, 0.25) is 11.0 Å². The molecule has 1 N–H and O–H groups in total. The van der Waals surface area contributed by atoms with Gasteiger partial charge >= 0.3 is 0 Å². The Bertz CT molecular complexity index is 679. The van der Waals surface area contributed by atoms with Crippen molar-refractivity contribution in [3.05, 3.63) is 40.4 Å². The molecule has 3 rings (SSSR count). The summed E-state index contributed by atoms with van der Waals surface area (Å²) in [6.45, 7) is 6.05. The molecule has 2 heterocycles. The Labute approximate surface area is 140 Å². The van der Waals surface area contributed by atoms with Crippen molar-refractivity contribution in [2.45, 2.75) is 39.2 Å². The Morgan fingerprint density at radius 1 is 1.30 bits per heavy atom. The van der Waals surface area contributed by atoms with Gasteiger partial charge in [-0.15, -0.1) is 10.2 Å². The van der Waals surface area contributed by atoms with Crippen molar-refractivity contribution in [2.75, 3.05) is 18.4 Å². The van der Waals surface area contributed by atoms with Crippen LogP contribution in [0.3, 0.4) is 0 Å². The largest absolute Gasteiger partial charge is 0.299 e. The topological polar surface area (TPSA) is 58.1 Å². The van der Waals surface area contributed by atoms with Crippen LogP contribution in [0.4, 0.5) is 5.13 Å².